The molecule has 4 unspecified atom stereocenters. The molecule has 2 heterocycles. The minimum absolute atomic E-state index is 0.0251. The maximum absolute atomic E-state index is 13.8. The summed E-state index contributed by atoms with van der Waals surface area (Å²) in [6.45, 7) is 1.01. The first-order valence-electron chi connectivity index (χ1n) is 17.3. The molecular weight excluding hydrogens is 604 g/mol. The lowest BCUT2D eigenvalue weighted by atomic mass is 9.93. The fraction of sp³-hybridized carbons (Fsp3) is 0.425. The Labute approximate surface area is 284 Å². The number of rotatable bonds is 10. The number of cyclic esters (lactones) is 1. The first-order valence-corrected chi connectivity index (χ1v) is 17.3. The van der Waals surface area contributed by atoms with Crippen molar-refractivity contribution in [3.8, 4) is 5.75 Å². The fourth-order valence-corrected chi connectivity index (χ4v) is 6.55. The number of amides is 2. The first-order chi connectivity index (χ1) is 23.5. The molecule has 0 aliphatic carbocycles. The van der Waals surface area contributed by atoms with Gasteiger partial charge in [-0.2, -0.15) is 0 Å². The van der Waals surface area contributed by atoms with Gasteiger partial charge in [-0.25, -0.2) is 0 Å². The molecule has 254 valence electrons. The molecule has 8 nitrogen and oxygen atoms in total. The molecule has 3 aromatic carbocycles. The van der Waals surface area contributed by atoms with Gasteiger partial charge in [0, 0.05) is 13.0 Å². The van der Waals surface area contributed by atoms with Gasteiger partial charge in [-0.1, -0.05) is 84.9 Å². The molecule has 0 bridgehead atoms. The van der Waals surface area contributed by atoms with Gasteiger partial charge in [0.05, 0.1) is 30.5 Å². The van der Waals surface area contributed by atoms with Gasteiger partial charge < -0.3 is 24.8 Å². The maximum atomic E-state index is 13.8. The molecule has 2 aliphatic heterocycles. The molecule has 2 aliphatic rings. The van der Waals surface area contributed by atoms with E-state index in [0.717, 1.165) is 48.1 Å². The highest BCUT2D eigenvalue weighted by atomic mass is 16.5. The van der Waals surface area contributed by atoms with Gasteiger partial charge in [-0.15, -0.1) is 0 Å². The van der Waals surface area contributed by atoms with E-state index in [9.17, 15) is 19.5 Å². The predicted octanol–water partition coefficient (Wildman–Crippen LogP) is 5.81. The van der Waals surface area contributed by atoms with Crippen LogP contribution in [0.1, 0.15) is 61.6 Å². The summed E-state index contributed by atoms with van der Waals surface area (Å²) in [5.41, 5.74) is 3.13. The van der Waals surface area contributed by atoms with E-state index in [-0.39, 0.29) is 49.4 Å². The Morgan fingerprint density at radius 2 is 1.54 bits per heavy atom. The number of aliphatic hydroxyl groups is 1. The summed E-state index contributed by atoms with van der Waals surface area (Å²) < 4.78 is 11.9. The number of allylic oxidation sites excluding steroid dienone is 2. The van der Waals surface area contributed by atoms with Crippen molar-refractivity contribution in [2.45, 2.75) is 76.5 Å². The van der Waals surface area contributed by atoms with Gasteiger partial charge in [0.2, 0.25) is 11.8 Å². The van der Waals surface area contributed by atoms with E-state index in [1.165, 1.54) is 0 Å². The minimum atomic E-state index is -0.575. The van der Waals surface area contributed by atoms with Crippen LogP contribution in [0.15, 0.2) is 97.1 Å². The molecular formula is C40H48N2O6. The third kappa shape index (κ3) is 10.5. The Balaban J connectivity index is 1.30. The number of nitrogens with zero attached hydrogens (tertiary/aromatic N) is 1. The molecule has 0 radical (unpaired) electrons. The highest BCUT2D eigenvalue weighted by Gasteiger charge is 2.32. The minimum Gasteiger partial charge on any atom is -0.489 e. The Bertz CT molecular complexity index is 1480. The SMILES string of the molecule is O=C1NC(Cc2ccc(OCc3ccccc3)cc2)COC(=O)C(Cc2ccccc2)CCCC=CCC1CC(=O)N1CCCC1CO. The van der Waals surface area contributed by atoms with E-state index in [1.807, 2.05) is 97.1 Å². The van der Waals surface area contributed by atoms with Crippen molar-refractivity contribution in [1.82, 2.24) is 10.2 Å². The predicted molar refractivity (Wildman–Crippen MR) is 185 cm³/mol. The molecule has 0 spiro atoms. The van der Waals surface area contributed by atoms with E-state index in [4.69, 9.17) is 9.47 Å². The monoisotopic (exact) mass is 652 g/mol. The molecule has 0 saturated carbocycles. The molecule has 4 atom stereocenters. The molecule has 1 saturated heterocycles. The van der Waals surface area contributed by atoms with Crippen molar-refractivity contribution in [2.75, 3.05) is 19.8 Å². The van der Waals surface area contributed by atoms with E-state index in [2.05, 4.69) is 5.32 Å². The zero-order chi connectivity index (χ0) is 33.6. The quantitative estimate of drug-likeness (QED) is 0.212. The smallest absolute Gasteiger partial charge is 0.309 e. The molecule has 48 heavy (non-hydrogen) atoms. The number of esters is 1. The van der Waals surface area contributed by atoms with Gasteiger partial charge in [0.25, 0.3) is 0 Å². The standard InChI is InChI=1S/C40H48N2O6/c43-27-36-18-11-23-42(36)38(44)26-33-16-9-1-2-10-17-34(24-30-12-5-3-6-13-30)40(46)48-29-35(41-39(33)45)25-31-19-21-37(22-20-31)47-28-32-14-7-4-8-15-32/h1,3-9,12-15,19-22,33-36,43H,2,10-11,16-18,23-29H2,(H,41,45). The van der Waals surface area contributed by atoms with Gasteiger partial charge >= 0.3 is 5.97 Å². The van der Waals surface area contributed by atoms with Crippen LogP contribution >= 0.6 is 0 Å². The number of ether oxygens (including phenoxy) is 2. The van der Waals surface area contributed by atoms with E-state index in [1.54, 1.807) is 4.90 Å². The van der Waals surface area contributed by atoms with Crippen molar-refractivity contribution in [3.05, 3.63) is 114 Å². The summed E-state index contributed by atoms with van der Waals surface area (Å²) >= 11 is 0. The number of hydrogen-bond acceptors (Lipinski definition) is 6. The molecule has 2 N–H and O–H groups in total. The van der Waals surface area contributed by atoms with Crippen LogP contribution < -0.4 is 10.1 Å². The van der Waals surface area contributed by atoms with Crippen molar-refractivity contribution in [2.24, 2.45) is 11.8 Å². The molecule has 3 aromatic rings. The van der Waals surface area contributed by atoms with Gasteiger partial charge in [-0.3, -0.25) is 14.4 Å². The largest absolute Gasteiger partial charge is 0.489 e. The summed E-state index contributed by atoms with van der Waals surface area (Å²) in [6, 6.07) is 27.0. The van der Waals surface area contributed by atoms with Gasteiger partial charge in [0.1, 0.15) is 19.0 Å². The first kappa shape index (κ1) is 34.9. The lowest BCUT2D eigenvalue weighted by Gasteiger charge is -2.27. The second-order valence-electron chi connectivity index (χ2n) is 12.9. The highest BCUT2D eigenvalue weighted by Crippen LogP contribution is 2.23. The molecule has 5 rings (SSSR count). The van der Waals surface area contributed by atoms with E-state index in [0.29, 0.717) is 38.8 Å². The number of nitrogens with one attached hydrogen (secondary N) is 1. The van der Waals surface area contributed by atoms with Gasteiger partial charge in [-0.05, 0) is 80.2 Å². The third-order valence-electron chi connectivity index (χ3n) is 9.30. The molecule has 8 heteroatoms. The molecule has 0 aromatic heterocycles. The van der Waals surface area contributed by atoms with Crippen molar-refractivity contribution < 1.29 is 29.0 Å². The van der Waals surface area contributed by atoms with E-state index >= 15 is 0 Å². The second-order valence-corrected chi connectivity index (χ2v) is 12.9. The topological polar surface area (TPSA) is 105 Å². The van der Waals surface area contributed by atoms with Crippen molar-refractivity contribution in [3.63, 3.8) is 0 Å². The van der Waals surface area contributed by atoms with Crippen LogP contribution in [0, 0.1) is 11.8 Å². The zero-order valence-electron chi connectivity index (χ0n) is 27.7. The Morgan fingerprint density at radius 1 is 0.833 bits per heavy atom. The van der Waals surface area contributed by atoms with Crippen LogP contribution in [0.25, 0.3) is 0 Å². The Morgan fingerprint density at radius 3 is 2.27 bits per heavy atom. The zero-order valence-corrected chi connectivity index (χ0v) is 27.7. The number of aliphatic hydroxyl groups excluding tert-OH is 1. The van der Waals surface area contributed by atoms with Crippen LogP contribution in [0.3, 0.4) is 0 Å². The number of carbonyl (C=O) groups is 3. The average molecular weight is 653 g/mol. The van der Waals surface area contributed by atoms with Crippen molar-refractivity contribution in [1.29, 1.82) is 0 Å². The second kappa shape index (κ2) is 18.2. The number of likely N-dealkylation sites (tertiary alicyclic amines) is 1. The lowest BCUT2D eigenvalue weighted by molar-refractivity contribution is -0.150. The Kier molecular flexibility index (Phi) is 13.2. The molecule has 2 amide bonds. The normalized spacial score (nSPS) is 22.4. The summed E-state index contributed by atoms with van der Waals surface area (Å²) in [5, 5.41) is 12.9. The van der Waals surface area contributed by atoms with E-state index < -0.39 is 12.0 Å². The fourth-order valence-electron chi connectivity index (χ4n) is 6.55. The van der Waals surface area contributed by atoms with Crippen molar-refractivity contribution >= 4 is 17.8 Å². The summed E-state index contributed by atoms with van der Waals surface area (Å²) in [5.74, 6) is -0.740. The summed E-state index contributed by atoms with van der Waals surface area (Å²) in [6.07, 6.45) is 9.47. The highest BCUT2D eigenvalue weighted by molar-refractivity contribution is 5.86. The van der Waals surface area contributed by atoms with Crippen LogP contribution in [0.4, 0.5) is 0 Å². The number of carbonyl (C=O) groups excluding carboxylic acids is 3. The Hall–Kier alpha value is -4.43. The maximum Gasteiger partial charge on any atom is 0.309 e. The van der Waals surface area contributed by atoms with Crippen LogP contribution in [-0.4, -0.2) is 59.6 Å². The molecule has 1 fully saturated rings. The summed E-state index contributed by atoms with van der Waals surface area (Å²) in [7, 11) is 0. The van der Waals surface area contributed by atoms with Crippen LogP contribution in [0.2, 0.25) is 0 Å². The van der Waals surface area contributed by atoms with Crippen LogP contribution in [0.5, 0.6) is 5.75 Å². The number of hydrogen-bond donors (Lipinski definition) is 2. The number of benzene rings is 3. The lowest BCUT2D eigenvalue weighted by Crippen LogP contribution is -2.45. The van der Waals surface area contributed by atoms with Crippen LogP contribution in [-0.2, 0) is 38.6 Å². The average Bonchev–Trinajstić information content (AvgIpc) is 3.60. The van der Waals surface area contributed by atoms with Gasteiger partial charge in [0.15, 0.2) is 0 Å². The third-order valence-corrected chi connectivity index (χ3v) is 9.30. The summed E-state index contributed by atoms with van der Waals surface area (Å²) in [4.78, 5) is 42.3.